The number of rotatable bonds is 1. The maximum absolute atomic E-state index is 5.69. The lowest BCUT2D eigenvalue weighted by molar-refractivity contribution is 0.473. The van der Waals surface area contributed by atoms with Crippen molar-refractivity contribution in [3.05, 3.63) is 23.4 Å². The Morgan fingerprint density at radius 2 is 1.91 bits per heavy atom. The first-order valence-electron chi connectivity index (χ1n) is 3.44. The van der Waals surface area contributed by atoms with E-state index in [1.807, 2.05) is 12.1 Å². The lowest BCUT2D eigenvalue weighted by Crippen LogP contribution is -2.35. The van der Waals surface area contributed by atoms with Gasteiger partial charge in [-0.1, -0.05) is 11.6 Å². The fraction of sp³-hybridized carbons (Fsp3) is 0.375. The molecular weight excluding hydrogens is 160 g/mol. The Labute approximate surface area is 72.0 Å². The molecule has 0 amide bonds. The van der Waals surface area contributed by atoms with Crippen LogP contribution in [0.25, 0.3) is 0 Å². The molecule has 3 heteroatoms. The summed E-state index contributed by atoms with van der Waals surface area (Å²) in [5.74, 6) is 1.01. The molecule has 0 saturated carbocycles. The van der Waals surface area contributed by atoms with Crippen LogP contribution in [0.15, 0.2) is 18.3 Å². The molecule has 0 aromatic carbocycles. The monoisotopic (exact) mass is 171 g/mol. The Bertz CT molecular complexity index is 235. The van der Waals surface area contributed by atoms with Gasteiger partial charge in [-0.2, -0.15) is 0 Å². The lowest BCUT2D eigenvalue weighted by atomic mass is 10.4. The van der Waals surface area contributed by atoms with Gasteiger partial charge in [0, 0.05) is 6.07 Å². The van der Waals surface area contributed by atoms with Gasteiger partial charge < -0.3 is 0 Å². The van der Waals surface area contributed by atoms with Crippen molar-refractivity contribution in [3.8, 4) is 0 Å². The molecule has 1 aromatic heterocycles. The summed E-state index contributed by atoms with van der Waals surface area (Å²) < 4.78 is 0.719. The summed E-state index contributed by atoms with van der Waals surface area (Å²) in [6.45, 7) is 0. The highest BCUT2D eigenvalue weighted by molar-refractivity contribution is 6.30. The van der Waals surface area contributed by atoms with E-state index in [1.165, 1.54) is 0 Å². The highest BCUT2D eigenvalue weighted by Crippen LogP contribution is 2.15. The van der Waals surface area contributed by atoms with Crippen molar-refractivity contribution in [2.45, 2.75) is 0 Å². The van der Waals surface area contributed by atoms with Gasteiger partial charge in [-0.15, -0.1) is 0 Å². The van der Waals surface area contributed by atoms with E-state index >= 15 is 0 Å². The molecular formula is C8H12ClN2+. The van der Waals surface area contributed by atoms with Crippen LogP contribution in [0.1, 0.15) is 0 Å². The Kier molecular flexibility index (Phi) is 2.16. The third kappa shape index (κ3) is 2.17. The van der Waals surface area contributed by atoms with Crippen LogP contribution in [0.4, 0.5) is 5.82 Å². The molecule has 0 saturated heterocycles. The first-order chi connectivity index (χ1) is 5.00. The van der Waals surface area contributed by atoms with Gasteiger partial charge in [-0.25, -0.2) is 4.98 Å². The van der Waals surface area contributed by atoms with Crippen LogP contribution in [-0.2, 0) is 0 Å². The van der Waals surface area contributed by atoms with Gasteiger partial charge in [0.1, 0.15) is 0 Å². The maximum atomic E-state index is 5.69. The van der Waals surface area contributed by atoms with Crippen LogP contribution in [0.5, 0.6) is 0 Å². The van der Waals surface area contributed by atoms with Crippen LogP contribution in [0, 0.1) is 0 Å². The minimum absolute atomic E-state index is 0.683. The Hall–Kier alpha value is -0.600. The zero-order valence-corrected chi connectivity index (χ0v) is 7.76. The highest BCUT2D eigenvalue weighted by Gasteiger charge is 2.12. The molecule has 2 nitrogen and oxygen atoms in total. The topological polar surface area (TPSA) is 12.9 Å². The largest absolute Gasteiger partial charge is 0.282 e. The summed E-state index contributed by atoms with van der Waals surface area (Å²) >= 11 is 5.69. The molecule has 0 aliphatic rings. The zero-order chi connectivity index (χ0) is 8.48. The van der Waals surface area contributed by atoms with E-state index < -0.39 is 0 Å². The molecule has 0 aliphatic heterocycles. The zero-order valence-electron chi connectivity index (χ0n) is 7.00. The van der Waals surface area contributed by atoms with Crippen molar-refractivity contribution in [3.63, 3.8) is 0 Å². The van der Waals surface area contributed by atoms with Crippen molar-refractivity contribution in [1.29, 1.82) is 0 Å². The molecule has 0 bridgehead atoms. The molecule has 1 heterocycles. The summed E-state index contributed by atoms with van der Waals surface area (Å²) in [5, 5.41) is 0.683. The molecule has 11 heavy (non-hydrogen) atoms. The number of pyridine rings is 1. The van der Waals surface area contributed by atoms with Crippen molar-refractivity contribution >= 4 is 17.4 Å². The summed E-state index contributed by atoms with van der Waals surface area (Å²) in [4.78, 5) is 4.19. The van der Waals surface area contributed by atoms with Gasteiger partial charge in [0.2, 0.25) is 5.82 Å². The number of hydrogen-bond acceptors (Lipinski definition) is 1. The van der Waals surface area contributed by atoms with E-state index in [1.54, 1.807) is 6.20 Å². The second kappa shape index (κ2) is 2.80. The molecule has 60 valence electrons. The van der Waals surface area contributed by atoms with Crippen molar-refractivity contribution < 1.29 is 0 Å². The van der Waals surface area contributed by atoms with Crippen LogP contribution in [-0.4, -0.2) is 26.1 Å². The van der Waals surface area contributed by atoms with Crippen molar-refractivity contribution in [2.24, 2.45) is 0 Å². The Morgan fingerprint density at radius 1 is 1.27 bits per heavy atom. The second-order valence-corrected chi connectivity index (χ2v) is 3.78. The average molecular weight is 172 g/mol. The van der Waals surface area contributed by atoms with E-state index in [-0.39, 0.29) is 0 Å². The van der Waals surface area contributed by atoms with Gasteiger partial charge in [-0.05, 0) is 6.07 Å². The van der Waals surface area contributed by atoms with Crippen LogP contribution < -0.4 is 4.48 Å². The molecule has 0 fully saturated rings. The number of nitrogens with zero attached hydrogens (tertiary/aromatic N) is 2. The smallest absolute Gasteiger partial charge is 0.226 e. The molecule has 0 aliphatic carbocycles. The molecule has 0 atom stereocenters. The van der Waals surface area contributed by atoms with E-state index in [0.717, 1.165) is 10.3 Å². The quantitative estimate of drug-likeness (QED) is 0.589. The predicted molar refractivity (Wildman–Crippen MR) is 48.8 cm³/mol. The second-order valence-electron chi connectivity index (χ2n) is 3.35. The molecule has 1 aromatic rings. The summed E-state index contributed by atoms with van der Waals surface area (Å²) in [6, 6.07) is 3.79. The average Bonchev–Trinajstić information content (AvgIpc) is 1.86. The van der Waals surface area contributed by atoms with E-state index in [4.69, 9.17) is 11.6 Å². The predicted octanol–water partition coefficient (Wildman–Crippen LogP) is 1.93. The molecule has 0 spiro atoms. The van der Waals surface area contributed by atoms with Crippen molar-refractivity contribution in [1.82, 2.24) is 9.47 Å². The number of aromatic nitrogens is 1. The Morgan fingerprint density at radius 3 is 2.27 bits per heavy atom. The fourth-order valence-corrected chi connectivity index (χ4v) is 0.877. The SMILES string of the molecule is C[N+](C)(C)c1ccc(Cl)cn1. The van der Waals surface area contributed by atoms with E-state index in [0.29, 0.717) is 5.02 Å². The molecule has 0 radical (unpaired) electrons. The standard InChI is InChI=1S/C8H12ClN2/c1-11(2,3)8-5-4-7(9)6-10-8/h4-6H,1-3H3/q+1. The normalized spacial score (nSPS) is 11.6. The van der Waals surface area contributed by atoms with E-state index in [9.17, 15) is 0 Å². The van der Waals surface area contributed by atoms with Crippen LogP contribution in [0.3, 0.4) is 0 Å². The molecule has 0 unspecified atom stereocenters. The highest BCUT2D eigenvalue weighted by atomic mass is 35.5. The van der Waals surface area contributed by atoms with Gasteiger partial charge in [-0.3, -0.25) is 4.48 Å². The number of hydrogen-bond donors (Lipinski definition) is 0. The van der Waals surface area contributed by atoms with Gasteiger partial charge in [0.25, 0.3) is 0 Å². The number of halogens is 1. The van der Waals surface area contributed by atoms with Gasteiger partial charge in [0.05, 0.1) is 32.4 Å². The minimum atomic E-state index is 0.683. The van der Waals surface area contributed by atoms with Crippen LogP contribution in [0.2, 0.25) is 5.02 Å². The Balaban J connectivity index is 2.99. The number of quaternary nitrogens is 1. The van der Waals surface area contributed by atoms with Crippen LogP contribution >= 0.6 is 11.6 Å². The van der Waals surface area contributed by atoms with E-state index in [2.05, 4.69) is 26.1 Å². The maximum Gasteiger partial charge on any atom is 0.226 e. The first kappa shape index (κ1) is 8.50. The third-order valence-corrected chi connectivity index (χ3v) is 1.62. The summed E-state index contributed by atoms with van der Waals surface area (Å²) in [6.07, 6.45) is 1.67. The summed E-state index contributed by atoms with van der Waals surface area (Å²) in [5.41, 5.74) is 0. The molecule has 1 rings (SSSR count). The first-order valence-corrected chi connectivity index (χ1v) is 3.81. The third-order valence-electron chi connectivity index (χ3n) is 1.40. The molecule has 0 N–H and O–H groups in total. The lowest BCUT2D eigenvalue weighted by Gasteiger charge is -2.21. The van der Waals surface area contributed by atoms with Gasteiger partial charge in [0.15, 0.2) is 0 Å². The summed E-state index contributed by atoms with van der Waals surface area (Å²) in [7, 11) is 6.20. The minimum Gasteiger partial charge on any atom is -0.282 e. The van der Waals surface area contributed by atoms with Crippen molar-refractivity contribution in [2.75, 3.05) is 21.1 Å². The van der Waals surface area contributed by atoms with Gasteiger partial charge >= 0.3 is 0 Å². The fourth-order valence-electron chi connectivity index (χ4n) is 0.765.